The van der Waals surface area contributed by atoms with Crippen LogP contribution in [0.15, 0.2) is 55.0 Å². The van der Waals surface area contributed by atoms with E-state index in [-0.39, 0.29) is 28.5 Å². The number of nitrogens with one attached hydrogen (secondary N) is 2. The van der Waals surface area contributed by atoms with Gasteiger partial charge in [0.2, 0.25) is 0 Å². The number of aliphatic hydroxyl groups is 1. The maximum Gasteiger partial charge on any atom is 0.196 e. The van der Waals surface area contributed by atoms with E-state index in [1.807, 2.05) is 0 Å². The van der Waals surface area contributed by atoms with Crippen molar-refractivity contribution in [3.8, 4) is 11.5 Å². The summed E-state index contributed by atoms with van der Waals surface area (Å²) in [5, 5.41) is 13.9. The molecule has 4 aromatic rings. The van der Waals surface area contributed by atoms with Crippen molar-refractivity contribution in [2.45, 2.75) is 38.0 Å². The number of aromatic nitrogens is 3. The lowest BCUT2D eigenvalue weighted by Gasteiger charge is -2.31. The summed E-state index contributed by atoms with van der Waals surface area (Å²) in [5.41, 5.74) is 1.16. The van der Waals surface area contributed by atoms with Crippen molar-refractivity contribution in [1.82, 2.24) is 15.0 Å². The molecule has 186 valence electrons. The average Bonchev–Trinajstić information content (AvgIpc) is 3.29. The Balaban J connectivity index is 1.38. The number of rotatable bonds is 7. The van der Waals surface area contributed by atoms with Gasteiger partial charge in [0.15, 0.2) is 5.78 Å². The van der Waals surface area contributed by atoms with Crippen LogP contribution in [0.3, 0.4) is 0 Å². The number of ether oxygens (including phenoxy) is 2. The lowest BCUT2D eigenvalue weighted by Crippen LogP contribution is -2.39. The van der Waals surface area contributed by atoms with Crippen molar-refractivity contribution < 1.29 is 23.8 Å². The molecule has 3 atom stereocenters. The van der Waals surface area contributed by atoms with E-state index in [2.05, 4.69) is 20.3 Å². The summed E-state index contributed by atoms with van der Waals surface area (Å²) in [7, 11) is 0. The van der Waals surface area contributed by atoms with Crippen LogP contribution in [0, 0.1) is 5.82 Å². The number of benzene rings is 2. The number of carbonyl (C=O) groups is 1. The monoisotopic (exact) mass is 510 g/mol. The molecule has 1 saturated heterocycles. The normalized spacial score (nSPS) is 18.7. The molecule has 36 heavy (non-hydrogen) atoms. The van der Waals surface area contributed by atoms with Crippen LogP contribution in [0.25, 0.3) is 11.0 Å². The van der Waals surface area contributed by atoms with Crippen molar-refractivity contribution >= 4 is 34.2 Å². The molecule has 0 saturated carbocycles. The summed E-state index contributed by atoms with van der Waals surface area (Å²) in [4.78, 5) is 25.1. The zero-order valence-electron chi connectivity index (χ0n) is 19.4. The number of fused-ring (bicyclic) bond motifs is 1. The minimum absolute atomic E-state index is 0.0289. The van der Waals surface area contributed by atoms with E-state index in [4.69, 9.17) is 21.1 Å². The smallest absolute Gasteiger partial charge is 0.196 e. The van der Waals surface area contributed by atoms with Gasteiger partial charge in [0, 0.05) is 23.9 Å². The highest BCUT2D eigenvalue weighted by atomic mass is 35.5. The maximum absolute atomic E-state index is 13.5. The topological polar surface area (TPSA) is 109 Å². The number of ketones is 1. The Hall–Kier alpha value is -3.53. The molecular formula is C26H24ClFN4O4. The quantitative estimate of drug-likeness (QED) is 0.296. The number of carbonyl (C=O) groups excluding carboxylic acids is 1. The maximum atomic E-state index is 13.5. The summed E-state index contributed by atoms with van der Waals surface area (Å²) < 4.78 is 24.9. The molecule has 1 aliphatic rings. The van der Waals surface area contributed by atoms with Gasteiger partial charge >= 0.3 is 0 Å². The number of anilines is 1. The minimum Gasteiger partial charge on any atom is -0.457 e. The second-order valence-corrected chi connectivity index (χ2v) is 9.12. The zero-order chi connectivity index (χ0) is 25.2. The Morgan fingerprint density at radius 2 is 2.06 bits per heavy atom. The molecule has 0 bridgehead atoms. The molecule has 3 N–H and O–H groups in total. The van der Waals surface area contributed by atoms with E-state index < -0.39 is 11.9 Å². The Kier molecular flexibility index (Phi) is 6.86. The Morgan fingerprint density at radius 1 is 1.22 bits per heavy atom. The highest BCUT2D eigenvalue weighted by molar-refractivity contribution is 6.35. The zero-order valence-corrected chi connectivity index (χ0v) is 20.1. The summed E-state index contributed by atoms with van der Waals surface area (Å²) in [6, 6.07) is 10.4. The molecule has 1 aliphatic heterocycles. The SMILES string of the molecule is CC(O)[C@@H]1CC[C@@H](Nc2ncnc3[nH]cc(C(=O)c4ccc(Oc5cccc(F)c5)cc4Cl)c23)CO1. The summed E-state index contributed by atoms with van der Waals surface area (Å²) in [5.74, 6) is 0.478. The van der Waals surface area contributed by atoms with Gasteiger partial charge < -0.3 is 24.9 Å². The third-order valence-corrected chi connectivity index (χ3v) is 6.43. The van der Waals surface area contributed by atoms with Gasteiger partial charge in [-0.1, -0.05) is 17.7 Å². The van der Waals surface area contributed by atoms with Gasteiger partial charge in [0.1, 0.15) is 35.1 Å². The number of halogens is 2. The Labute approximate surface area is 211 Å². The largest absolute Gasteiger partial charge is 0.457 e. The van der Waals surface area contributed by atoms with Crippen LogP contribution in [0.1, 0.15) is 35.7 Å². The van der Waals surface area contributed by atoms with E-state index >= 15 is 0 Å². The van der Waals surface area contributed by atoms with Crippen molar-refractivity contribution in [3.05, 3.63) is 77.0 Å². The van der Waals surface area contributed by atoms with Gasteiger partial charge in [0.05, 0.1) is 40.8 Å². The summed E-state index contributed by atoms with van der Waals surface area (Å²) in [6.07, 6.45) is 3.79. The molecule has 3 heterocycles. The first-order chi connectivity index (χ1) is 17.4. The third kappa shape index (κ3) is 5.04. The molecule has 0 radical (unpaired) electrons. The molecule has 5 rings (SSSR count). The van der Waals surface area contributed by atoms with Gasteiger partial charge in [0.25, 0.3) is 0 Å². The molecule has 1 fully saturated rings. The van der Waals surface area contributed by atoms with Crippen LogP contribution >= 0.6 is 11.6 Å². The molecule has 2 aromatic carbocycles. The lowest BCUT2D eigenvalue weighted by atomic mass is 10.0. The molecule has 0 amide bonds. The van der Waals surface area contributed by atoms with Crippen LogP contribution < -0.4 is 10.1 Å². The fourth-order valence-electron chi connectivity index (χ4n) is 4.27. The second-order valence-electron chi connectivity index (χ2n) is 8.71. The predicted molar refractivity (Wildman–Crippen MR) is 133 cm³/mol. The van der Waals surface area contributed by atoms with E-state index in [1.54, 1.807) is 37.4 Å². The lowest BCUT2D eigenvalue weighted by molar-refractivity contribution is -0.0584. The van der Waals surface area contributed by atoms with Crippen molar-refractivity contribution in [1.29, 1.82) is 0 Å². The molecule has 0 spiro atoms. The van der Waals surface area contributed by atoms with Crippen molar-refractivity contribution in [3.63, 3.8) is 0 Å². The first-order valence-corrected chi connectivity index (χ1v) is 11.9. The highest BCUT2D eigenvalue weighted by Gasteiger charge is 2.27. The number of hydrogen-bond acceptors (Lipinski definition) is 7. The standard InChI is InChI=1S/C26H24ClFN4O4/c1-14(33)22-8-5-16(12-35-22)32-26-23-20(11-29-25(23)30-13-31-26)24(34)19-7-6-18(10-21(19)27)36-17-4-2-3-15(28)9-17/h2-4,6-7,9-11,13-14,16,22,33H,5,8,12H2,1H3,(H2,29,30,31,32)/t14?,16-,22+/m1/s1. The number of H-pyrrole nitrogens is 1. The predicted octanol–water partition coefficient (Wildman–Crippen LogP) is 5.11. The number of nitrogens with zero attached hydrogens (tertiary/aromatic N) is 2. The van der Waals surface area contributed by atoms with Gasteiger partial charge in [-0.2, -0.15) is 0 Å². The van der Waals surface area contributed by atoms with Gasteiger partial charge in [-0.15, -0.1) is 0 Å². The molecule has 8 nitrogen and oxygen atoms in total. The van der Waals surface area contributed by atoms with E-state index in [0.717, 1.165) is 6.42 Å². The van der Waals surface area contributed by atoms with Crippen LogP contribution in [0.4, 0.5) is 10.2 Å². The Bertz CT molecular complexity index is 1400. The minimum atomic E-state index is -0.527. The van der Waals surface area contributed by atoms with E-state index in [1.165, 1.54) is 24.5 Å². The van der Waals surface area contributed by atoms with E-state index in [9.17, 15) is 14.3 Å². The van der Waals surface area contributed by atoms with Gasteiger partial charge in [-0.25, -0.2) is 14.4 Å². The summed E-state index contributed by atoms with van der Waals surface area (Å²) >= 11 is 6.46. The first-order valence-electron chi connectivity index (χ1n) is 11.5. The molecule has 10 heteroatoms. The fourth-order valence-corrected chi connectivity index (χ4v) is 4.52. The highest BCUT2D eigenvalue weighted by Crippen LogP contribution is 2.32. The van der Waals surface area contributed by atoms with Crippen LogP contribution in [-0.4, -0.2) is 50.7 Å². The van der Waals surface area contributed by atoms with Gasteiger partial charge in [-0.3, -0.25) is 4.79 Å². The summed E-state index contributed by atoms with van der Waals surface area (Å²) in [6.45, 7) is 2.13. The fraction of sp³-hybridized carbons (Fsp3) is 0.269. The average molecular weight is 511 g/mol. The first kappa shape index (κ1) is 24.2. The molecule has 2 aromatic heterocycles. The molecule has 0 aliphatic carbocycles. The second kappa shape index (κ2) is 10.2. The van der Waals surface area contributed by atoms with Crippen LogP contribution in [0.2, 0.25) is 5.02 Å². The molecular weight excluding hydrogens is 487 g/mol. The molecule has 1 unspecified atom stereocenters. The number of aliphatic hydroxyl groups excluding tert-OH is 1. The van der Waals surface area contributed by atoms with Crippen molar-refractivity contribution in [2.24, 2.45) is 0 Å². The van der Waals surface area contributed by atoms with E-state index in [0.29, 0.717) is 46.9 Å². The number of hydrogen-bond donors (Lipinski definition) is 3. The third-order valence-electron chi connectivity index (χ3n) is 6.12. The van der Waals surface area contributed by atoms with Crippen LogP contribution in [0.5, 0.6) is 11.5 Å². The van der Waals surface area contributed by atoms with Crippen molar-refractivity contribution in [2.75, 3.05) is 11.9 Å². The number of aromatic amines is 1. The Morgan fingerprint density at radius 3 is 2.78 bits per heavy atom. The van der Waals surface area contributed by atoms with Gasteiger partial charge in [-0.05, 0) is 44.0 Å². The van der Waals surface area contributed by atoms with Crippen LogP contribution in [-0.2, 0) is 4.74 Å².